The molecule has 1 fully saturated rings. The average Bonchev–Trinajstić information content (AvgIpc) is 3.10. The van der Waals surface area contributed by atoms with E-state index < -0.39 is 0 Å². The maximum atomic E-state index is 11.8. The third-order valence-corrected chi connectivity index (χ3v) is 3.17. The molecular formula is C12H15ClN2O. The minimum atomic E-state index is -0.151. The molecule has 3 nitrogen and oxygen atoms in total. The van der Waals surface area contributed by atoms with Crippen LogP contribution in [0.5, 0.6) is 0 Å². The van der Waals surface area contributed by atoms with Crippen molar-refractivity contribution in [2.75, 3.05) is 6.54 Å². The molecule has 0 spiro atoms. The van der Waals surface area contributed by atoms with E-state index in [-0.39, 0.29) is 11.9 Å². The maximum Gasteiger partial charge on any atom is 0.252 e. The normalized spacial score (nSPS) is 16.9. The van der Waals surface area contributed by atoms with Crippen LogP contribution >= 0.6 is 11.6 Å². The van der Waals surface area contributed by atoms with Gasteiger partial charge in [-0.15, -0.1) is 0 Å². The summed E-state index contributed by atoms with van der Waals surface area (Å²) in [7, 11) is 0. The molecule has 0 heterocycles. The highest BCUT2D eigenvalue weighted by molar-refractivity contribution is 6.33. The van der Waals surface area contributed by atoms with Gasteiger partial charge in [0.15, 0.2) is 0 Å². The molecule has 0 saturated heterocycles. The topological polar surface area (TPSA) is 55.1 Å². The Morgan fingerprint density at radius 2 is 2.19 bits per heavy atom. The van der Waals surface area contributed by atoms with E-state index in [0.29, 0.717) is 23.0 Å². The highest BCUT2D eigenvalue weighted by Gasteiger charge is 2.28. The summed E-state index contributed by atoms with van der Waals surface area (Å²) in [4.78, 5) is 11.8. The predicted octanol–water partition coefficient (Wildman–Crippen LogP) is 1.81. The van der Waals surface area contributed by atoms with Gasteiger partial charge >= 0.3 is 0 Å². The van der Waals surface area contributed by atoms with E-state index in [1.54, 1.807) is 24.3 Å². The van der Waals surface area contributed by atoms with Crippen molar-refractivity contribution < 1.29 is 4.79 Å². The van der Waals surface area contributed by atoms with E-state index in [1.165, 1.54) is 12.8 Å². The lowest BCUT2D eigenvalue weighted by Gasteiger charge is -2.12. The Balaban J connectivity index is 1.90. The molecule has 1 aliphatic rings. The molecule has 1 unspecified atom stereocenters. The number of nitrogens with two attached hydrogens (primary N) is 1. The molecule has 1 atom stereocenters. The molecule has 1 aromatic carbocycles. The Labute approximate surface area is 100.0 Å². The molecule has 4 heteroatoms. The van der Waals surface area contributed by atoms with Gasteiger partial charge in [0.1, 0.15) is 0 Å². The molecule has 1 saturated carbocycles. The first-order valence-corrected chi connectivity index (χ1v) is 5.84. The SMILES string of the molecule is NC(CNC(=O)c1ccccc1Cl)C1CC1. The highest BCUT2D eigenvalue weighted by atomic mass is 35.5. The number of nitrogens with one attached hydrogen (secondary N) is 1. The molecule has 1 aliphatic carbocycles. The minimum Gasteiger partial charge on any atom is -0.350 e. The molecule has 0 radical (unpaired) electrons. The van der Waals surface area contributed by atoms with Gasteiger partial charge in [0, 0.05) is 12.6 Å². The molecule has 16 heavy (non-hydrogen) atoms. The molecule has 0 aromatic heterocycles. The van der Waals surface area contributed by atoms with E-state index in [4.69, 9.17) is 17.3 Å². The van der Waals surface area contributed by atoms with Gasteiger partial charge in [0.25, 0.3) is 5.91 Å². The second kappa shape index (κ2) is 4.85. The van der Waals surface area contributed by atoms with Crippen molar-refractivity contribution in [1.82, 2.24) is 5.32 Å². The second-order valence-corrected chi connectivity index (χ2v) is 4.60. The fourth-order valence-electron chi connectivity index (χ4n) is 1.64. The number of amides is 1. The predicted molar refractivity (Wildman–Crippen MR) is 64.5 cm³/mol. The fraction of sp³-hybridized carbons (Fsp3) is 0.417. The van der Waals surface area contributed by atoms with Gasteiger partial charge in [0.2, 0.25) is 0 Å². The molecule has 1 amide bonds. The van der Waals surface area contributed by atoms with Crippen LogP contribution in [-0.2, 0) is 0 Å². The van der Waals surface area contributed by atoms with E-state index >= 15 is 0 Å². The van der Waals surface area contributed by atoms with E-state index in [2.05, 4.69) is 5.32 Å². The van der Waals surface area contributed by atoms with Crippen LogP contribution < -0.4 is 11.1 Å². The van der Waals surface area contributed by atoms with Gasteiger partial charge in [-0.3, -0.25) is 4.79 Å². The first-order valence-electron chi connectivity index (χ1n) is 5.47. The van der Waals surface area contributed by atoms with Gasteiger partial charge in [-0.25, -0.2) is 0 Å². The number of carbonyl (C=O) groups excluding carboxylic acids is 1. The molecular weight excluding hydrogens is 224 g/mol. The molecule has 1 aromatic rings. The summed E-state index contributed by atoms with van der Waals surface area (Å²) in [5.41, 5.74) is 6.40. The Hall–Kier alpha value is -1.06. The Kier molecular flexibility index (Phi) is 3.46. The summed E-state index contributed by atoms with van der Waals surface area (Å²) in [6.07, 6.45) is 2.37. The van der Waals surface area contributed by atoms with Crippen molar-refractivity contribution in [3.8, 4) is 0 Å². The van der Waals surface area contributed by atoms with Crippen molar-refractivity contribution in [1.29, 1.82) is 0 Å². The standard InChI is InChI=1S/C12H15ClN2O/c13-10-4-2-1-3-9(10)12(16)15-7-11(14)8-5-6-8/h1-4,8,11H,5-7,14H2,(H,15,16). The van der Waals surface area contributed by atoms with Crippen LogP contribution in [-0.4, -0.2) is 18.5 Å². The summed E-state index contributed by atoms with van der Waals surface area (Å²) in [6.45, 7) is 0.523. The van der Waals surface area contributed by atoms with Gasteiger partial charge in [-0.1, -0.05) is 23.7 Å². The van der Waals surface area contributed by atoms with Crippen molar-refractivity contribution >= 4 is 17.5 Å². The van der Waals surface area contributed by atoms with Crippen LogP contribution in [0.1, 0.15) is 23.2 Å². The lowest BCUT2D eigenvalue weighted by molar-refractivity contribution is 0.0950. The summed E-state index contributed by atoms with van der Waals surface area (Å²) < 4.78 is 0. The van der Waals surface area contributed by atoms with E-state index in [1.807, 2.05) is 0 Å². The van der Waals surface area contributed by atoms with Crippen molar-refractivity contribution in [2.45, 2.75) is 18.9 Å². The number of rotatable bonds is 4. The van der Waals surface area contributed by atoms with Gasteiger partial charge < -0.3 is 11.1 Å². The summed E-state index contributed by atoms with van der Waals surface area (Å²) in [5.74, 6) is 0.438. The monoisotopic (exact) mass is 238 g/mol. The second-order valence-electron chi connectivity index (χ2n) is 4.19. The summed E-state index contributed by atoms with van der Waals surface area (Å²) >= 11 is 5.92. The summed E-state index contributed by atoms with van der Waals surface area (Å²) in [5, 5.41) is 3.28. The Morgan fingerprint density at radius 3 is 2.81 bits per heavy atom. The fourth-order valence-corrected chi connectivity index (χ4v) is 1.86. The first-order chi connectivity index (χ1) is 7.68. The smallest absolute Gasteiger partial charge is 0.252 e. The van der Waals surface area contributed by atoms with Crippen LogP contribution in [0.15, 0.2) is 24.3 Å². The Bertz CT molecular complexity index is 390. The quantitative estimate of drug-likeness (QED) is 0.841. The number of hydrogen-bond donors (Lipinski definition) is 2. The highest BCUT2D eigenvalue weighted by Crippen LogP contribution is 2.31. The van der Waals surface area contributed by atoms with E-state index in [9.17, 15) is 4.79 Å². The molecule has 0 bridgehead atoms. The van der Waals surface area contributed by atoms with E-state index in [0.717, 1.165) is 0 Å². The lowest BCUT2D eigenvalue weighted by Crippen LogP contribution is -2.38. The van der Waals surface area contributed by atoms with Crippen molar-refractivity contribution in [2.24, 2.45) is 11.7 Å². The molecule has 3 N–H and O–H groups in total. The van der Waals surface area contributed by atoms with Crippen LogP contribution in [0.2, 0.25) is 5.02 Å². The number of carbonyl (C=O) groups is 1. The molecule has 0 aliphatic heterocycles. The van der Waals surface area contributed by atoms with Crippen molar-refractivity contribution in [3.63, 3.8) is 0 Å². The number of hydrogen-bond acceptors (Lipinski definition) is 2. The zero-order valence-electron chi connectivity index (χ0n) is 8.95. The number of benzene rings is 1. The zero-order chi connectivity index (χ0) is 11.5. The van der Waals surface area contributed by atoms with Gasteiger partial charge in [-0.05, 0) is 30.9 Å². The van der Waals surface area contributed by atoms with Crippen molar-refractivity contribution in [3.05, 3.63) is 34.9 Å². The number of halogens is 1. The average molecular weight is 239 g/mol. The van der Waals surface area contributed by atoms with Gasteiger partial charge in [-0.2, -0.15) is 0 Å². The minimum absolute atomic E-state index is 0.0754. The zero-order valence-corrected chi connectivity index (χ0v) is 9.70. The Morgan fingerprint density at radius 1 is 1.50 bits per heavy atom. The van der Waals surface area contributed by atoms with Crippen LogP contribution in [0.4, 0.5) is 0 Å². The molecule has 2 rings (SSSR count). The van der Waals surface area contributed by atoms with Gasteiger partial charge in [0.05, 0.1) is 10.6 Å². The summed E-state index contributed by atoms with van der Waals surface area (Å²) in [6, 6.07) is 7.08. The largest absolute Gasteiger partial charge is 0.350 e. The third-order valence-electron chi connectivity index (χ3n) is 2.84. The van der Waals surface area contributed by atoms with Crippen LogP contribution in [0.25, 0.3) is 0 Å². The third kappa shape index (κ3) is 2.74. The maximum absolute atomic E-state index is 11.8. The molecule has 86 valence electrons. The van der Waals surface area contributed by atoms with Crippen LogP contribution in [0.3, 0.4) is 0 Å². The first kappa shape index (κ1) is 11.4. The lowest BCUT2D eigenvalue weighted by atomic mass is 10.2. The van der Waals surface area contributed by atoms with Crippen LogP contribution in [0, 0.1) is 5.92 Å².